The van der Waals surface area contributed by atoms with Crippen LogP contribution in [0.25, 0.3) is 0 Å². The van der Waals surface area contributed by atoms with Gasteiger partial charge in [0.05, 0.1) is 0 Å². The third kappa shape index (κ3) is 3.04. The van der Waals surface area contributed by atoms with Crippen LogP contribution in [0.5, 0.6) is 0 Å². The maximum atomic E-state index is 12.6. The molecule has 1 heterocycles. The quantitative estimate of drug-likeness (QED) is 0.817. The van der Waals surface area contributed by atoms with Gasteiger partial charge in [-0.2, -0.15) is 0 Å². The Morgan fingerprint density at radius 1 is 1.33 bits per heavy atom. The Labute approximate surface area is 111 Å². The molecule has 0 spiro atoms. The minimum Gasteiger partial charge on any atom is -0.336 e. The number of rotatable bonds is 3. The van der Waals surface area contributed by atoms with Gasteiger partial charge in [0.15, 0.2) is 0 Å². The van der Waals surface area contributed by atoms with Crippen molar-refractivity contribution >= 4 is 5.91 Å². The molecule has 1 saturated carbocycles. The van der Waals surface area contributed by atoms with E-state index < -0.39 is 0 Å². The summed E-state index contributed by atoms with van der Waals surface area (Å²) in [5, 5.41) is 3.49. The molecule has 1 unspecified atom stereocenters. The number of carbonyl (C=O) groups excluding carboxylic acids is 1. The Balaban J connectivity index is 2.10. The fourth-order valence-electron chi connectivity index (χ4n) is 3.30. The Hall–Kier alpha value is -0.610. The summed E-state index contributed by atoms with van der Waals surface area (Å²) in [5.41, 5.74) is 0.0250. The highest BCUT2D eigenvalue weighted by atomic mass is 16.2. The monoisotopic (exact) mass is 253 g/mol. The van der Waals surface area contributed by atoms with Crippen molar-refractivity contribution in [2.75, 3.05) is 27.2 Å². The van der Waals surface area contributed by atoms with E-state index in [0.717, 1.165) is 13.1 Å². The topological polar surface area (TPSA) is 35.6 Å². The molecule has 4 heteroatoms. The lowest BCUT2D eigenvalue weighted by Crippen LogP contribution is -2.68. The van der Waals surface area contributed by atoms with Crippen LogP contribution in [0.15, 0.2) is 0 Å². The second kappa shape index (κ2) is 5.17. The van der Waals surface area contributed by atoms with Crippen LogP contribution in [-0.2, 0) is 4.79 Å². The second-order valence-electron chi connectivity index (χ2n) is 6.75. The SMILES string of the molecule is CN(C)CC1NC(C)(C)CN(C2CCCC2)C1=O. The molecule has 104 valence electrons. The summed E-state index contributed by atoms with van der Waals surface area (Å²) in [6, 6.07) is 0.438. The molecule has 4 nitrogen and oxygen atoms in total. The van der Waals surface area contributed by atoms with Gasteiger partial charge in [-0.25, -0.2) is 0 Å². The largest absolute Gasteiger partial charge is 0.336 e. The number of hydrogen-bond donors (Lipinski definition) is 1. The molecule has 1 aliphatic carbocycles. The fraction of sp³-hybridized carbons (Fsp3) is 0.929. The lowest BCUT2D eigenvalue weighted by molar-refractivity contribution is -0.141. The van der Waals surface area contributed by atoms with Gasteiger partial charge in [0.25, 0.3) is 0 Å². The lowest BCUT2D eigenvalue weighted by atomic mass is 9.95. The van der Waals surface area contributed by atoms with Crippen molar-refractivity contribution in [2.45, 2.75) is 57.2 Å². The molecule has 0 aromatic rings. The van der Waals surface area contributed by atoms with Gasteiger partial charge < -0.3 is 9.80 Å². The zero-order valence-corrected chi connectivity index (χ0v) is 12.2. The van der Waals surface area contributed by atoms with Crippen molar-refractivity contribution < 1.29 is 4.79 Å². The molecular weight excluding hydrogens is 226 g/mol. The van der Waals surface area contributed by atoms with E-state index in [-0.39, 0.29) is 11.6 Å². The zero-order chi connectivity index (χ0) is 13.3. The molecule has 0 aromatic heterocycles. The molecule has 1 amide bonds. The highest BCUT2D eigenvalue weighted by molar-refractivity contribution is 5.83. The van der Waals surface area contributed by atoms with Crippen LogP contribution in [0.4, 0.5) is 0 Å². The molecule has 2 rings (SSSR count). The van der Waals surface area contributed by atoms with E-state index >= 15 is 0 Å². The minimum atomic E-state index is -0.0515. The van der Waals surface area contributed by atoms with Gasteiger partial charge in [-0.3, -0.25) is 10.1 Å². The van der Waals surface area contributed by atoms with Crippen LogP contribution < -0.4 is 5.32 Å². The average molecular weight is 253 g/mol. The Morgan fingerprint density at radius 3 is 2.50 bits per heavy atom. The number of nitrogens with one attached hydrogen (secondary N) is 1. The van der Waals surface area contributed by atoms with Gasteiger partial charge >= 0.3 is 0 Å². The summed E-state index contributed by atoms with van der Waals surface area (Å²) in [6.07, 6.45) is 4.94. The maximum absolute atomic E-state index is 12.6. The van der Waals surface area contributed by atoms with E-state index in [4.69, 9.17) is 0 Å². The van der Waals surface area contributed by atoms with Crippen molar-refractivity contribution in [3.63, 3.8) is 0 Å². The molecule has 1 saturated heterocycles. The van der Waals surface area contributed by atoms with Crippen molar-refractivity contribution in [1.29, 1.82) is 0 Å². The minimum absolute atomic E-state index is 0.0250. The first-order valence-electron chi connectivity index (χ1n) is 7.12. The number of piperazine rings is 1. The highest BCUT2D eigenvalue weighted by Crippen LogP contribution is 2.27. The van der Waals surface area contributed by atoms with Crippen molar-refractivity contribution in [2.24, 2.45) is 0 Å². The number of amides is 1. The smallest absolute Gasteiger partial charge is 0.241 e. The molecule has 0 bridgehead atoms. The molecular formula is C14H27N3O. The van der Waals surface area contributed by atoms with E-state index in [1.54, 1.807) is 0 Å². The molecule has 2 fully saturated rings. The predicted octanol–water partition coefficient (Wildman–Crippen LogP) is 1.07. The molecule has 1 aliphatic heterocycles. The number of carbonyl (C=O) groups is 1. The van der Waals surface area contributed by atoms with E-state index in [2.05, 4.69) is 29.0 Å². The van der Waals surface area contributed by atoms with Crippen LogP contribution in [0.2, 0.25) is 0 Å². The summed E-state index contributed by atoms with van der Waals surface area (Å²) in [6.45, 7) is 6.03. The van der Waals surface area contributed by atoms with Crippen LogP contribution in [0, 0.1) is 0 Å². The number of likely N-dealkylation sites (N-methyl/N-ethyl adjacent to an activating group) is 1. The summed E-state index contributed by atoms with van der Waals surface area (Å²) in [5.74, 6) is 0.301. The summed E-state index contributed by atoms with van der Waals surface area (Å²) < 4.78 is 0. The first-order valence-corrected chi connectivity index (χ1v) is 7.12. The van der Waals surface area contributed by atoms with Crippen molar-refractivity contribution in [3.8, 4) is 0 Å². The average Bonchev–Trinajstić information content (AvgIpc) is 2.74. The van der Waals surface area contributed by atoms with Gasteiger partial charge in [0, 0.05) is 24.7 Å². The van der Waals surface area contributed by atoms with Gasteiger partial charge in [-0.05, 0) is 40.8 Å². The molecule has 1 N–H and O–H groups in total. The third-order valence-electron chi connectivity index (χ3n) is 4.02. The zero-order valence-electron chi connectivity index (χ0n) is 12.2. The summed E-state index contributed by atoms with van der Waals surface area (Å²) in [4.78, 5) is 16.8. The fourth-order valence-corrected chi connectivity index (χ4v) is 3.30. The second-order valence-corrected chi connectivity index (χ2v) is 6.75. The van der Waals surface area contributed by atoms with E-state index in [1.807, 2.05) is 14.1 Å². The van der Waals surface area contributed by atoms with Crippen molar-refractivity contribution in [3.05, 3.63) is 0 Å². The van der Waals surface area contributed by atoms with E-state index in [1.165, 1.54) is 25.7 Å². The number of nitrogens with zero attached hydrogens (tertiary/aromatic N) is 2. The molecule has 0 radical (unpaired) electrons. The lowest BCUT2D eigenvalue weighted by Gasteiger charge is -2.46. The van der Waals surface area contributed by atoms with E-state index in [0.29, 0.717) is 11.9 Å². The molecule has 18 heavy (non-hydrogen) atoms. The molecule has 2 aliphatic rings. The van der Waals surface area contributed by atoms with Crippen LogP contribution in [0.3, 0.4) is 0 Å². The van der Waals surface area contributed by atoms with Crippen LogP contribution in [0.1, 0.15) is 39.5 Å². The standard InChI is InChI=1S/C14H27N3O/c1-14(2)10-17(11-7-5-6-8-11)13(18)12(15-14)9-16(3)4/h11-12,15H,5-10H2,1-4H3. The Morgan fingerprint density at radius 2 is 1.94 bits per heavy atom. The Kier molecular flexibility index (Phi) is 3.97. The van der Waals surface area contributed by atoms with Crippen molar-refractivity contribution in [1.82, 2.24) is 15.1 Å². The summed E-state index contributed by atoms with van der Waals surface area (Å²) >= 11 is 0. The van der Waals surface area contributed by atoms with Gasteiger partial charge in [-0.1, -0.05) is 12.8 Å². The van der Waals surface area contributed by atoms with Gasteiger partial charge in [0.1, 0.15) is 6.04 Å². The first kappa shape index (κ1) is 13.8. The predicted molar refractivity (Wildman–Crippen MR) is 73.5 cm³/mol. The number of hydrogen-bond acceptors (Lipinski definition) is 3. The maximum Gasteiger partial charge on any atom is 0.241 e. The Bertz CT molecular complexity index is 308. The molecule has 1 atom stereocenters. The summed E-state index contributed by atoms with van der Waals surface area (Å²) in [7, 11) is 4.05. The first-order chi connectivity index (χ1) is 8.39. The normalized spacial score (nSPS) is 29.3. The van der Waals surface area contributed by atoms with Crippen LogP contribution in [-0.4, -0.2) is 60.5 Å². The van der Waals surface area contributed by atoms with Gasteiger partial charge in [0.2, 0.25) is 5.91 Å². The molecule has 0 aromatic carbocycles. The third-order valence-corrected chi connectivity index (χ3v) is 4.02. The van der Waals surface area contributed by atoms with E-state index in [9.17, 15) is 4.79 Å². The van der Waals surface area contributed by atoms with Crippen LogP contribution >= 0.6 is 0 Å². The van der Waals surface area contributed by atoms with Gasteiger partial charge in [-0.15, -0.1) is 0 Å². The highest BCUT2D eigenvalue weighted by Gasteiger charge is 2.41.